The molecule has 0 saturated heterocycles. The Labute approximate surface area is 400 Å². The van der Waals surface area contributed by atoms with Crippen molar-refractivity contribution in [1.29, 1.82) is 0 Å². The summed E-state index contributed by atoms with van der Waals surface area (Å²) in [5, 5.41) is 9.18. The molecule has 0 aliphatic carbocycles. The van der Waals surface area contributed by atoms with Gasteiger partial charge >= 0.3 is 0 Å². The van der Waals surface area contributed by atoms with Gasteiger partial charge in [0.1, 0.15) is 11.6 Å². The van der Waals surface area contributed by atoms with Gasteiger partial charge in [0.25, 0.3) is 0 Å². The summed E-state index contributed by atoms with van der Waals surface area (Å²) < 4.78 is 44.9. The van der Waals surface area contributed by atoms with Crippen LogP contribution < -0.4 is 0 Å². The van der Waals surface area contributed by atoms with Crippen LogP contribution in [0.2, 0.25) is 0 Å². The van der Waals surface area contributed by atoms with Crippen LogP contribution in [-0.4, -0.2) is 9.13 Å². The second-order valence-electron chi connectivity index (χ2n) is 20.2. The molecule has 330 valence electrons. The molecule has 0 bridgehead atoms. The van der Waals surface area contributed by atoms with Crippen molar-refractivity contribution in [2.24, 2.45) is 0 Å². The minimum Gasteiger partial charge on any atom is -0.307 e. The molecule has 4 aromatic heterocycles. The number of fused-ring (bicyclic) bond motifs is 14. The summed E-state index contributed by atoms with van der Waals surface area (Å²) in [5.74, 6) is -0.676. The molecule has 0 unspecified atom stereocenters. The average Bonchev–Trinajstić information content (AvgIpc) is 4.08. The summed E-state index contributed by atoms with van der Waals surface area (Å²) in [7, 11) is 0. The van der Waals surface area contributed by atoms with E-state index in [1.54, 1.807) is 35.6 Å². The van der Waals surface area contributed by atoms with E-state index in [1.807, 2.05) is 35.6 Å². The van der Waals surface area contributed by atoms with Crippen LogP contribution in [0, 0.1) is 11.6 Å². The second kappa shape index (κ2) is 14.7. The first-order valence-electron chi connectivity index (χ1n) is 23.3. The SMILES string of the molecule is CC(C)(C)c1c(-c2ccccc2F)c(-n2c3ccccc3c3ccc4c5ccccc5sc4c32)c(-c2ccccc2F)c(C(C)(C)C)c1-n1c2ccccc2c2ccc3c4ccccc4sc3c21. The van der Waals surface area contributed by atoms with E-state index in [4.69, 9.17) is 0 Å². The van der Waals surface area contributed by atoms with Gasteiger partial charge in [-0.15, -0.1) is 22.7 Å². The zero-order valence-corrected chi connectivity index (χ0v) is 40.3. The van der Waals surface area contributed by atoms with E-state index < -0.39 is 10.8 Å². The van der Waals surface area contributed by atoms with Crippen molar-refractivity contribution in [3.8, 4) is 33.6 Å². The molecule has 13 rings (SSSR count). The summed E-state index contributed by atoms with van der Waals surface area (Å²) in [5.41, 5.74) is 9.03. The van der Waals surface area contributed by atoms with Crippen molar-refractivity contribution in [3.05, 3.63) is 193 Å². The number of hydrogen-bond donors (Lipinski definition) is 0. The fourth-order valence-electron chi connectivity index (χ4n) is 11.4. The number of halogens is 2. The maximum atomic E-state index is 17.7. The van der Waals surface area contributed by atoms with Crippen molar-refractivity contribution >= 4 is 107 Å². The summed E-state index contributed by atoms with van der Waals surface area (Å²) >= 11 is 3.59. The summed E-state index contributed by atoms with van der Waals surface area (Å²) in [6.45, 7) is 13.5. The molecule has 0 N–H and O–H groups in total. The van der Waals surface area contributed by atoms with Crippen LogP contribution in [-0.2, 0) is 10.8 Å². The lowest BCUT2D eigenvalue weighted by atomic mass is 9.71. The number of aromatic nitrogens is 2. The molecule has 0 spiro atoms. The molecule has 0 atom stereocenters. The first-order chi connectivity index (χ1) is 32.9. The van der Waals surface area contributed by atoms with E-state index in [1.165, 1.54) is 30.3 Å². The lowest BCUT2D eigenvalue weighted by molar-refractivity contribution is 0.564. The van der Waals surface area contributed by atoms with Crippen LogP contribution in [0.5, 0.6) is 0 Å². The normalized spacial score (nSPS) is 12.7. The quantitative estimate of drug-likeness (QED) is 0.166. The molecule has 68 heavy (non-hydrogen) atoms. The fraction of sp³-hybridized carbons (Fsp3) is 0.129. The molecule has 0 fully saturated rings. The molecule has 4 heterocycles. The monoisotopic (exact) mass is 920 g/mol. The molecule has 6 heteroatoms. The van der Waals surface area contributed by atoms with Crippen LogP contribution in [0.25, 0.3) is 118 Å². The Morgan fingerprint density at radius 1 is 0.353 bits per heavy atom. The van der Waals surface area contributed by atoms with Gasteiger partial charge in [0, 0.05) is 74.7 Å². The van der Waals surface area contributed by atoms with Gasteiger partial charge in [-0.3, -0.25) is 0 Å². The Bertz CT molecular complexity index is 4170. The molecule has 2 nitrogen and oxygen atoms in total. The highest BCUT2D eigenvalue weighted by Crippen LogP contribution is 2.56. The van der Waals surface area contributed by atoms with E-state index in [0.29, 0.717) is 11.1 Å². The molecular formula is C62H46F2N2S2. The van der Waals surface area contributed by atoms with E-state index >= 15 is 8.78 Å². The smallest absolute Gasteiger partial charge is 0.131 e. The first kappa shape index (κ1) is 41.1. The van der Waals surface area contributed by atoms with Gasteiger partial charge in [-0.2, -0.15) is 0 Å². The van der Waals surface area contributed by atoms with E-state index in [0.717, 1.165) is 87.3 Å². The largest absolute Gasteiger partial charge is 0.307 e. The van der Waals surface area contributed by atoms with Crippen LogP contribution in [0.3, 0.4) is 0 Å². The Kier molecular flexibility index (Phi) is 8.88. The summed E-state index contributed by atoms with van der Waals surface area (Å²) in [6, 6.07) is 57.9. The molecule has 0 amide bonds. The number of rotatable bonds is 4. The highest BCUT2D eigenvalue weighted by molar-refractivity contribution is 7.27. The number of thiophene rings is 2. The standard InChI is InChI=1S/C62H46F2N2S2/c1-61(2,3)53-51(43-23-7-13-25-45(43)63)57(65-47-27-15-9-19-35(47)39-31-33-41-37-21-11-17-29-49(37)67-59(41)55(39)65)52(44-24-8-14-26-46(44)64)54(62(4,5)6)58(53)66-48-28-16-10-20-36(48)40-32-34-42-38-22-12-18-30-50(38)68-60(42)56(40)66/h7-34H,1-6H3. The molecule has 9 aromatic carbocycles. The zero-order chi connectivity index (χ0) is 46.4. The molecule has 0 aliphatic rings. The highest BCUT2D eigenvalue weighted by Gasteiger charge is 2.40. The number of nitrogens with zero attached hydrogens (tertiary/aromatic N) is 2. The van der Waals surface area contributed by atoms with Gasteiger partial charge in [0.05, 0.1) is 42.8 Å². The minimum atomic E-state index is -0.604. The molecular weight excluding hydrogens is 875 g/mol. The highest BCUT2D eigenvalue weighted by atomic mass is 32.1. The Balaban J connectivity index is 1.38. The molecule has 0 radical (unpaired) electrons. The van der Waals surface area contributed by atoms with Gasteiger partial charge in [-0.1, -0.05) is 175 Å². The predicted molar refractivity (Wildman–Crippen MR) is 289 cm³/mol. The van der Waals surface area contributed by atoms with E-state index in [-0.39, 0.29) is 11.6 Å². The van der Waals surface area contributed by atoms with Gasteiger partial charge in [-0.05, 0) is 58.4 Å². The van der Waals surface area contributed by atoms with Crippen LogP contribution in [0.1, 0.15) is 52.7 Å². The topological polar surface area (TPSA) is 9.86 Å². The first-order valence-corrected chi connectivity index (χ1v) is 25.0. The zero-order valence-electron chi connectivity index (χ0n) is 38.6. The summed E-state index contributed by atoms with van der Waals surface area (Å²) in [6.07, 6.45) is 0. The Morgan fingerprint density at radius 3 is 1.13 bits per heavy atom. The molecule has 0 saturated carbocycles. The average molecular weight is 921 g/mol. The summed E-state index contributed by atoms with van der Waals surface area (Å²) in [4.78, 5) is 0. The second-order valence-corrected chi connectivity index (χ2v) is 22.3. The van der Waals surface area contributed by atoms with Gasteiger partial charge in [0.15, 0.2) is 0 Å². The minimum absolute atomic E-state index is 0.338. The third kappa shape index (κ3) is 5.77. The lowest BCUT2D eigenvalue weighted by Gasteiger charge is -2.38. The van der Waals surface area contributed by atoms with Crippen molar-refractivity contribution in [3.63, 3.8) is 0 Å². The third-order valence-corrected chi connectivity index (χ3v) is 16.4. The van der Waals surface area contributed by atoms with E-state index in [2.05, 4.69) is 172 Å². The predicted octanol–water partition coefficient (Wildman–Crippen LogP) is 18.8. The van der Waals surface area contributed by atoms with Crippen molar-refractivity contribution in [1.82, 2.24) is 9.13 Å². The maximum Gasteiger partial charge on any atom is 0.131 e. The lowest BCUT2D eigenvalue weighted by Crippen LogP contribution is -2.26. The fourth-order valence-corrected chi connectivity index (χ4v) is 13.9. The third-order valence-electron chi connectivity index (χ3n) is 14.0. The van der Waals surface area contributed by atoms with Gasteiger partial charge in [0.2, 0.25) is 0 Å². The molecule has 0 aliphatic heterocycles. The maximum absolute atomic E-state index is 17.7. The van der Waals surface area contributed by atoms with Crippen LogP contribution in [0.4, 0.5) is 8.78 Å². The number of benzene rings is 9. The molecule has 13 aromatic rings. The van der Waals surface area contributed by atoms with Crippen molar-refractivity contribution in [2.75, 3.05) is 0 Å². The number of hydrogen-bond acceptors (Lipinski definition) is 2. The Morgan fingerprint density at radius 2 is 0.706 bits per heavy atom. The van der Waals surface area contributed by atoms with Crippen LogP contribution >= 0.6 is 22.7 Å². The van der Waals surface area contributed by atoms with Crippen molar-refractivity contribution in [2.45, 2.75) is 52.4 Å². The van der Waals surface area contributed by atoms with Gasteiger partial charge in [-0.25, -0.2) is 8.78 Å². The van der Waals surface area contributed by atoms with E-state index in [9.17, 15) is 0 Å². The van der Waals surface area contributed by atoms with Crippen LogP contribution in [0.15, 0.2) is 170 Å². The van der Waals surface area contributed by atoms with Gasteiger partial charge < -0.3 is 9.13 Å². The Hall–Kier alpha value is -7.12. The number of para-hydroxylation sites is 2. The van der Waals surface area contributed by atoms with Crippen molar-refractivity contribution < 1.29 is 8.78 Å².